The third kappa shape index (κ3) is 4.42. The molecule has 0 aliphatic heterocycles. The highest BCUT2D eigenvalue weighted by molar-refractivity contribution is 5.95. The summed E-state index contributed by atoms with van der Waals surface area (Å²) in [5.74, 6) is -1.11. The van der Waals surface area contributed by atoms with Crippen molar-refractivity contribution in [3.05, 3.63) is 71.0 Å². The average molecular weight is 286 g/mol. The highest BCUT2D eigenvalue weighted by atomic mass is 19.1. The van der Waals surface area contributed by atoms with E-state index in [9.17, 15) is 14.0 Å². The fraction of sp³-hybridized carbons (Fsp3) is 0.125. The highest BCUT2D eigenvalue weighted by Gasteiger charge is 2.07. The molecule has 0 saturated carbocycles. The molecule has 0 spiro atoms. The molecule has 0 aliphatic carbocycles. The lowest BCUT2D eigenvalue weighted by Gasteiger charge is -2.07. The van der Waals surface area contributed by atoms with Crippen LogP contribution in [0.5, 0.6) is 0 Å². The molecule has 0 unspecified atom stereocenters. The second kappa shape index (κ2) is 6.65. The molecule has 108 valence electrons. The van der Waals surface area contributed by atoms with Gasteiger partial charge in [-0.1, -0.05) is 29.8 Å². The Morgan fingerprint density at radius 2 is 1.57 bits per heavy atom. The number of halogens is 1. The number of hydrazine groups is 1. The minimum absolute atomic E-state index is 0.0639. The van der Waals surface area contributed by atoms with E-state index in [1.807, 2.05) is 19.1 Å². The predicted molar refractivity (Wildman–Crippen MR) is 76.9 cm³/mol. The van der Waals surface area contributed by atoms with E-state index in [0.29, 0.717) is 11.1 Å². The molecule has 2 amide bonds. The van der Waals surface area contributed by atoms with Gasteiger partial charge in [0.2, 0.25) is 5.91 Å². The number of amides is 2. The van der Waals surface area contributed by atoms with Crippen LogP contribution < -0.4 is 10.9 Å². The van der Waals surface area contributed by atoms with E-state index >= 15 is 0 Å². The number of hydrogen-bond donors (Lipinski definition) is 2. The van der Waals surface area contributed by atoms with E-state index in [4.69, 9.17) is 0 Å². The first-order chi connectivity index (χ1) is 10.0. The van der Waals surface area contributed by atoms with Gasteiger partial charge in [0.05, 0.1) is 6.42 Å². The number of rotatable bonds is 3. The summed E-state index contributed by atoms with van der Waals surface area (Å²) in [5.41, 5.74) is 6.84. The summed E-state index contributed by atoms with van der Waals surface area (Å²) in [6.07, 6.45) is 0.0639. The van der Waals surface area contributed by atoms with Gasteiger partial charge in [-0.25, -0.2) is 4.39 Å². The molecule has 2 aromatic carbocycles. The van der Waals surface area contributed by atoms with Gasteiger partial charge in [-0.2, -0.15) is 0 Å². The maximum atomic E-state index is 12.7. The molecule has 2 rings (SSSR count). The molecule has 2 aromatic rings. The highest BCUT2D eigenvalue weighted by Crippen LogP contribution is 2.04. The summed E-state index contributed by atoms with van der Waals surface area (Å²) in [6, 6.07) is 12.6. The molecule has 2 N–H and O–H groups in total. The van der Waals surface area contributed by atoms with Crippen molar-refractivity contribution in [2.45, 2.75) is 13.3 Å². The quantitative estimate of drug-likeness (QED) is 0.849. The van der Waals surface area contributed by atoms with E-state index < -0.39 is 0 Å². The molecule has 0 aliphatic rings. The maximum Gasteiger partial charge on any atom is 0.269 e. The molecule has 0 aromatic heterocycles. The smallest absolute Gasteiger partial charge is 0.269 e. The molecule has 0 radical (unpaired) electrons. The van der Waals surface area contributed by atoms with E-state index in [2.05, 4.69) is 10.9 Å². The summed E-state index contributed by atoms with van der Waals surface area (Å²) >= 11 is 0. The molecule has 0 atom stereocenters. The van der Waals surface area contributed by atoms with Crippen molar-refractivity contribution in [3.8, 4) is 0 Å². The van der Waals surface area contributed by atoms with Crippen LogP contribution in [0.2, 0.25) is 0 Å². The summed E-state index contributed by atoms with van der Waals surface area (Å²) < 4.78 is 12.7. The molecule has 0 saturated heterocycles. The first kappa shape index (κ1) is 14.7. The monoisotopic (exact) mass is 286 g/mol. The molecular weight excluding hydrogens is 271 g/mol. The van der Waals surface area contributed by atoms with Crippen LogP contribution in [-0.2, 0) is 11.2 Å². The third-order valence-corrected chi connectivity index (χ3v) is 2.91. The van der Waals surface area contributed by atoms with Crippen LogP contribution in [0.4, 0.5) is 4.39 Å². The largest absolute Gasteiger partial charge is 0.273 e. The van der Waals surface area contributed by atoms with Gasteiger partial charge in [-0.15, -0.1) is 0 Å². The topological polar surface area (TPSA) is 58.2 Å². The van der Waals surface area contributed by atoms with Gasteiger partial charge in [-0.05, 0) is 36.8 Å². The second-order valence-corrected chi connectivity index (χ2v) is 4.67. The van der Waals surface area contributed by atoms with Crippen LogP contribution in [0.15, 0.2) is 48.5 Å². The fourth-order valence-corrected chi connectivity index (χ4v) is 1.74. The minimum Gasteiger partial charge on any atom is -0.273 e. The van der Waals surface area contributed by atoms with Crippen molar-refractivity contribution in [3.63, 3.8) is 0 Å². The van der Waals surface area contributed by atoms with E-state index in [-0.39, 0.29) is 24.1 Å². The van der Waals surface area contributed by atoms with Crippen LogP contribution in [-0.4, -0.2) is 11.8 Å². The van der Waals surface area contributed by atoms with Gasteiger partial charge in [0.25, 0.3) is 5.91 Å². The fourth-order valence-electron chi connectivity index (χ4n) is 1.74. The van der Waals surface area contributed by atoms with Crippen molar-refractivity contribution in [1.82, 2.24) is 10.9 Å². The standard InChI is InChI=1S/C16H15FN2O2/c1-11-2-6-13(7-3-11)16(21)19-18-15(20)10-12-4-8-14(17)9-5-12/h2-9H,10H2,1H3,(H,18,20)(H,19,21). The summed E-state index contributed by atoms with van der Waals surface area (Å²) in [7, 11) is 0. The van der Waals surface area contributed by atoms with Crippen LogP contribution in [0.3, 0.4) is 0 Å². The Morgan fingerprint density at radius 1 is 0.952 bits per heavy atom. The van der Waals surface area contributed by atoms with Gasteiger partial charge >= 0.3 is 0 Å². The van der Waals surface area contributed by atoms with Crippen LogP contribution in [0, 0.1) is 12.7 Å². The Bertz CT molecular complexity index is 636. The normalized spacial score (nSPS) is 10.0. The Kier molecular flexibility index (Phi) is 4.66. The Hall–Kier alpha value is -2.69. The summed E-state index contributed by atoms with van der Waals surface area (Å²) in [6.45, 7) is 1.92. The molecule has 5 heteroatoms. The SMILES string of the molecule is Cc1ccc(C(=O)NNC(=O)Cc2ccc(F)cc2)cc1. The molecule has 0 bridgehead atoms. The van der Waals surface area contributed by atoms with E-state index in [1.54, 1.807) is 12.1 Å². The molecule has 21 heavy (non-hydrogen) atoms. The van der Waals surface area contributed by atoms with Crippen LogP contribution >= 0.6 is 0 Å². The van der Waals surface area contributed by atoms with Gasteiger partial charge < -0.3 is 0 Å². The molecule has 0 heterocycles. The second-order valence-electron chi connectivity index (χ2n) is 4.67. The van der Waals surface area contributed by atoms with Crippen LogP contribution in [0.1, 0.15) is 21.5 Å². The lowest BCUT2D eigenvalue weighted by molar-refractivity contribution is -0.121. The summed E-state index contributed by atoms with van der Waals surface area (Å²) in [5, 5.41) is 0. The molecule has 0 fully saturated rings. The van der Waals surface area contributed by atoms with Crippen molar-refractivity contribution in [2.24, 2.45) is 0 Å². The van der Waals surface area contributed by atoms with Crippen molar-refractivity contribution < 1.29 is 14.0 Å². The Balaban J connectivity index is 1.84. The number of hydrogen-bond acceptors (Lipinski definition) is 2. The van der Waals surface area contributed by atoms with Gasteiger partial charge in [0, 0.05) is 5.56 Å². The predicted octanol–water partition coefficient (Wildman–Crippen LogP) is 2.14. The Labute approximate surface area is 122 Å². The van der Waals surface area contributed by atoms with Crippen LogP contribution in [0.25, 0.3) is 0 Å². The maximum absolute atomic E-state index is 12.7. The third-order valence-electron chi connectivity index (χ3n) is 2.91. The van der Waals surface area contributed by atoms with E-state index in [0.717, 1.165) is 5.56 Å². The number of carbonyl (C=O) groups is 2. The number of aryl methyl sites for hydroxylation is 1. The van der Waals surface area contributed by atoms with E-state index in [1.165, 1.54) is 24.3 Å². The summed E-state index contributed by atoms with van der Waals surface area (Å²) in [4.78, 5) is 23.4. The first-order valence-electron chi connectivity index (χ1n) is 6.45. The minimum atomic E-state index is -0.387. The zero-order valence-corrected chi connectivity index (χ0v) is 11.5. The van der Waals surface area contributed by atoms with Gasteiger partial charge in [0.1, 0.15) is 5.82 Å². The van der Waals surface area contributed by atoms with Gasteiger partial charge in [-0.3, -0.25) is 20.4 Å². The van der Waals surface area contributed by atoms with Crippen molar-refractivity contribution >= 4 is 11.8 Å². The van der Waals surface area contributed by atoms with Gasteiger partial charge in [0.15, 0.2) is 0 Å². The number of benzene rings is 2. The lowest BCUT2D eigenvalue weighted by atomic mass is 10.1. The van der Waals surface area contributed by atoms with Crippen molar-refractivity contribution in [2.75, 3.05) is 0 Å². The number of nitrogens with one attached hydrogen (secondary N) is 2. The van der Waals surface area contributed by atoms with Crippen molar-refractivity contribution in [1.29, 1.82) is 0 Å². The zero-order chi connectivity index (χ0) is 15.2. The zero-order valence-electron chi connectivity index (χ0n) is 11.5. The molecule has 4 nitrogen and oxygen atoms in total. The average Bonchev–Trinajstić information content (AvgIpc) is 2.48. The first-order valence-corrected chi connectivity index (χ1v) is 6.45. The Morgan fingerprint density at radius 3 is 2.19 bits per heavy atom. The number of carbonyl (C=O) groups excluding carboxylic acids is 2. The lowest BCUT2D eigenvalue weighted by Crippen LogP contribution is -2.42. The molecular formula is C16H15FN2O2.